The minimum absolute atomic E-state index is 0.480. The second kappa shape index (κ2) is 10.0. The fraction of sp³-hybridized carbons (Fsp3) is 0.333. The van der Waals surface area contributed by atoms with E-state index in [2.05, 4.69) is 58.3 Å². The Morgan fingerprint density at radius 2 is 1.84 bits per heavy atom. The van der Waals surface area contributed by atoms with Gasteiger partial charge in [0.25, 0.3) is 0 Å². The van der Waals surface area contributed by atoms with E-state index in [4.69, 9.17) is 4.98 Å². The molecule has 3 heterocycles. The number of anilines is 4. The van der Waals surface area contributed by atoms with Gasteiger partial charge >= 0.3 is 0 Å². The summed E-state index contributed by atoms with van der Waals surface area (Å²) in [7, 11) is 0.373. The number of likely N-dealkylation sites (N-methyl/N-ethyl adjacent to an activating group) is 1. The summed E-state index contributed by atoms with van der Waals surface area (Å²) in [4.78, 5) is 14.1. The number of aromatic nitrogens is 3. The Bertz CT molecular complexity index is 1500. The minimum atomic E-state index is -3.37. The van der Waals surface area contributed by atoms with E-state index < -0.39 is 10.0 Å². The molecule has 0 aliphatic carbocycles. The predicted molar refractivity (Wildman–Crippen MR) is 150 cm³/mol. The first-order valence-corrected chi connectivity index (χ1v) is 14.2. The molecule has 1 saturated heterocycles. The number of fused-ring (bicyclic) bond motifs is 1. The van der Waals surface area contributed by atoms with E-state index >= 15 is 0 Å². The molecule has 0 unspecified atom stereocenters. The van der Waals surface area contributed by atoms with Crippen LogP contribution in [0, 0.1) is 0 Å². The quantitative estimate of drug-likeness (QED) is 0.398. The zero-order valence-corrected chi connectivity index (χ0v) is 22.5. The molecule has 0 amide bonds. The van der Waals surface area contributed by atoms with E-state index in [1.54, 1.807) is 13.2 Å². The second-order valence-corrected chi connectivity index (χ2v) is 11.7. The lowest BCUT2D eigenvalue weighted by molar-refractivity contribution is 0.234. The van der Waals surface area contributed by atoms with Gasteiger partial charge in [-0.25, -0.2) is 13.4 Å². The van der Waals surface area contributed by atoms with Gasteiger partial charge < -0.3 is 19.7 Å². The van der Waals surface area contributed by atoms with Crippen molar-refractivity contribution in [1.29, 1.82) is 0 Å². The van der Waals surface area contributed by atoms with Crippen molar-refractivity contribution in [2.45, 2.75) is 19.5 Å². The molecule has 1 aliphatic heterocycles. The van der Waals surface area contributed by atoms with Crippen LogP contribution in [-0.4, -0.2) is 73.9 Å². The summed E-state index contributed by atoms with van der Waals surface area (Å²) >= 11 is 0. The Labute approximate surface area is 218 Å². The van der Waals surface area contributed by atoms with Crippen LogP contribution in [0.4, 0.5) is 23.0 Å². The normalized spacial score (nSPS) is 16.8. The minimum Gasteiger partial charge on any atom is -0.369 e. The van der Waals surface area contributed by atoms with Crippen LogP contribution in [0.2, 0.25) is 0 Å². The Morgan fingerprint density at radius 3 is 2.57 bits per heavy atom. The van der Waals surface area contributed by atoms with Gasteiger partial charge in [-0.2, -0.15) is 4.98 Å². The fourth-order valence-corrected chi connectivity index (χ4v) is 5.18. The van der Waals surface area contributed by atoms with Crippen molar-refractivity contribution in [1.82, 2.24) is 19.4 Å². The maximum Gasteiger partial charge on any atom is 0.232 e. The molecular weight excluding hydrogens is 486 g/mol. The fourth-order valence-electron chi connectivity index (χ4n) is 4.64. The van der Waals surface area contributed by atoms with Crippen LogP contribution in [-0.2, 0) is 16.6 Å². The molecule has 0 bridgehead atoms. The van der Waals surface area contributed by atoms with Crippen molar-refractivity contribution >= 4 is 44.1 Å². The largest absolute Gasteiger partial charge is 0.369 e. The van der Waals surface area contributed by atoms with Gasteiger partial charge in [-0.15, -0.1) is 0 Å². The molecule has 37 heavy (non-hydrogen) atoms. The number of nitrogens with one attached hydrogen (secondary N) is 1. The van der Waals surface area contributed by atoms with Crippen molar-refractivity contribution in [2.24, 2.45) is 0 Å². The molecule has 1 aliphatic rings. The summed E-state index contributed by atoms with van der Waals surface area (Å²) in [6, 6.07) is 18.4. The maximum absolute atomic E-state index is 12.1. The summed E-state index contributed by atoms with van der Waals surface area (Å²) in [6.45, 7) is 5.84. The molecule has 1 N–H and O–H groups in total. The third-order valence-electron chi connectivity index (χ3n) is 7.12. The highest BCUT2D eigenvalue weighted by Gasteiger charge is 2.21. The van der Waals surface area contributed by atoms with E-state index in [0.717, 1.165) is 41.9 Å². The molecule has 0 saturated carbocycles. The van der Waals surface area contributed by atoms with Crippen LogP contribution in [0.1, 0.15) is 12.5 Å². The average molecular weight is 520 g/mol. The van der Waals surface area contributed by atoms with Crippen molar-refractivity contribution in [3.05, 3.63) is 72.6 Å². The van der Waals surface area contributed by atoms with Crippen LogP contribution < -0.4 is 14.5 Å². The standard InChI is InChI=1S/C27H33N7O2S/c1-20-18-33(16-15-31(20)2)24-11-9-23(10-12-24)29-27-28-17-21-13-14-34(26(21)30-27)19-22-7-5-6-8-25(22)32(3)37(4,35)36/h5-14,17,20H,15-16,18-19H2,1-4H3,(H,28,29,30)/t20-/m0/s1. The zero-order valence-electron chi connectivity index (χ0n) is 21.7. The van der Waals surface area contributed by atoms with Gasteiger partial charge in [-0.1, -0.05) is 18.2 Å². The molecule has 2 aromatic heterocycles. The highest BCUT2D eigenvalue weighted by Crippen LogP contribution is 2.26. The summed E-state index contributed by atoms with van der Waals surface area (Å²) < 4.78 is 27.6. The number of nitrogens with zero attached hydrogens (tertiary/aromatic N) is 6. The molecule has 0 radical (unpaired) electrons. The molecular formula is C27H33N7O2S. The van der Waals surface area contributed by atoms with Crippen molar-refractivity contribution < 1.29 is 8.42 Å². The van der Waals surface area contributed by atoms with Gasteiger partial charge in [0.15, 0.2) is 0 Å². The highest BCUT2D eigenvalue weighted by atomic mass is 32.2. The first kappa shape index (κ1) is 25.0. The van der Waals surface area contributed by atoms with E-state index in [-0.39, 0.29) is 0 Å². The lowest BCUT2D eigenvalue weighted by Crippen LogP contribution is -2.50. The molecule has 9 nitrogen and oxygen atoms in total. The SMILES string of the molecule is C[C@H]1CN(c2ccc(Nc3ncc4ccn(Cc5ccccc5N(C)S(C)(=O)=O)c4n3)cc2)CCN1C. The van der Waals surface area contributed by atoms with E-state index in [1.165, 1.54) is 16.2 Å². The third-order valence-corrected chi connectivity index (χ3v) is 8.31. The number of piperazine rings is 1. The van der Waals surface area contributed by atoms with Crippen LogP contribution in [0.25, 0.3) is 11.0 Å². The zero-order chi connectivity index (χ0) is 26.2. The summed E-state index contributed by atoms with van der Waals surface area (Å²) in [5.74, 6) is 0.509. The van der Waals surface area contributed by atoms with Gasteiger partial charge in [0.05, 0.1) is 18.5 Å². The number of hydrogen-bond donors (Lipinski definition) is 1. The number of para-hydroxylation sites is 1. The number of hydrogen-bond acceptors (Lipinski definition) is 7. The Morgan fingerprint density at radius 1 is 1.08 bits per heavy atom. The van der Waals surface area contributed by atoms with Crippen molar-refractivity contribution in [3.8, 4) is 0 Å². The van der Waals surface area contributed by atoms with Crippen molar-refractivity contribution in [2.75, 3.05) is 54.5 Å². The summed E-state index contributed by atoms with van der Waals surface area (Å²) in [5, 5.41) is 4.24. The lowest BCUT2D eigenvalue weighted by atomic mass is 10.1. The summed E-state index contributed by atoms with van der Waals surface area (Å²) in [5.41, 5.74) is 4.44. The maximum atomic E-state index is 12.1. The Kier molecular flexibility index (Phi) is 6.78. The smallest absolute Gasteiger partial charge is 0.232 e. The molecule has 2 aromatic carbocycles. The second-order valence-electron chi connectivity index (χ2n) is 9.72. The van der Waals surface area contributed by atoms with E-state index in [0.29, 0.717) is 24.2 Å². The molecule has 1 atom stereocenters. The molecule has 1 fully saturated rings. The van der Waals surface area contributed by atoms with E-state index in [9.17, 15) is 8.42 Å². The first-order chi connectivity index (χ1) is 17.7. The average Bonchev–Trinajstić information content (AvgIpc) is 3.27. The van der Waals surface area contributed by atoms with Gasteiger partial charge in [0.1, 0.15) is 5.65 Å². The van der Waals surface area contributed by atoms with Gasteiger partial charge in [-0.3, -0.25) is 4.31 Å². The number of rotatable bonds is 7. The van der Waals surface area contributed by atoms with E-state index in [1.807, 2.05) is 41.1 Å². The van der Waals surface area contributed by atoms with Crippen LogP contribution in [0.5, 0.6) is 0 Å². The number of sulfonamides is 1. The van der Waals surface area contributed by atoms with Crippen LogP contribution in [0.15, 0.2) is 67.0 Å². The van der Waals surface area contributed by atoms with Gasteiger partial charge in [-0.05, 0) is 55.9 Å². The van der Waals surface area contributed by atoms with Gasteiger partial charge in [0, 0.05) is 61.9 Å². The monoisotopic (exact) mass is 519 g/mol. The first-order valence-electron chi connectivity index (χ1n) is 12.3. The topological polar surface area (TPSA) is 86.6 Å². The Balaban J connectivity index is 1.35. The van der Waals surface area contributed by atoms with Crippen LogP contribution >= 0.6 is 0 Å². The molecule has 4 aromatic rings. The molecule has 10 heteroatoms. The predicted octanol–water partition coefficient (Wildman–Crippen LogP) is 3.76. The summed E-state index contributed by atoms with van der Waals surface area (Å²) in [6.07, 6.45) is 4.96. The van der Waals surface area contributed by atoms with Crippen LogP contribution in [0.3, 0.4) is 0 Å². The lowest BCUT2D eigenvalue weighted by Gasteiger charge is -2.39. The Hall–Kier alpha value is -3.63. The third kappa shape index (κ3) is 5.40. The molecule has 5 rings (SSSR count). The number of benzene rings is 2. The van der Waals surface area contributed by atoms with Crippen molar-refractivity contribution in [3.63, 3.8) is 0 Å². The van der Waals surface area contributed by atoms with Gasteiger partial charge in [0.2, 0.25) is 16.0 Å². The highest BCUT2D eigenvalue weighted by molar-refractivity contribution is 7.92. The molecule has 0 spiro atoms. The molecule has 194 valence electrons.